The lowest BCUT2D eigenvalue weighted by Gasteiger charge is -2.39. The molecule has 5 aromatic rings. The highest BCUT2D eigenvalue weighted by Gasteiger charge is 2.51. The summed E-state index contributed by atoms with van der Waals surface area (Å²) in [5.74, 6) is 2.64. The van der Waals surface area contributed by atoms with Gasteiger partial charge in [0, 0.05) is 22.5 Å². The highest BCUT2D eigenvalue weighted by Crippen LogP contribution is 2.62. The fourth-order valence-corrected chi connectivity index (χ4v) is 5.49. The fraction of sp³-hybridized carbons (Fsp3) is 0.0625. The molecule has 176 valence electrons. The molecule has 0 saturated heterocycles. The first-order valence-corrected chi connectivity index (χ1v) is 11.9. The Bertz CT molecular complexity index is 1480. The van der Waals surface area contributed by atoms with E-state index in [1.165, 1.54) is 22.3 Å². The van der Waals surface area contributed by atoms with E-state index in [0.29, 0.717) is 0 Å². The van der Waals surface area contributed by atoms with Crippen LogP contribution in [0, 0.1) is 0 Å². The van der Waals surface area contributed by atoms with E-state index >= 15 is 0 Å². The fourth-order valence-electron chi connectivity index (χ4n) is 5.49. The molecule has 5 aromatic carbocycles. The van der Waals surface area contributed by atoms with Crippen molar-refractivity contribution in [3.8, 4) is 28.4 Å². The molecular formula is C32H26N2O2. The van der Waals surface area contributed by atoms with Crippen LogP contribution in [-0.4, -0.2) is 7.11 Å². The molecular weight excluding hydrogens is 444 g/mol. The van der Waals surface area contributed by atoms with Gasteiger partial charge in [0.15, 0.2) is 0 Å². The summed E-state index contributed by atoms with van der Waals surface area (Å²) >= 11 is 0. The lowest BCUT2D eigenvalue weighted by molar-refractivity contribution is 0.415. The first-order valence-electron chi connectivity index (χ1n) is 11.9. The van der Waals surface area contributed by atoms with Crippen molar-refractivity contribution in [2.45, 2.75) is 5.41 Å². The van der Waals surface area contributed by atoms with Crippen LogP contribution in [0.5, 0.6) is 17.2 Å². The van der Waals surface area contributed by atoms with Crippen molar-refractivity contribution in [3.63, 3.8) is 0 Å². The van der Waals surface area contributed by atoms with Gasteiger partial charge in [-0.15, -0.1) is 0 Å². The van der Waals surface area contributed by atoms with Gasteiger partial charge in [0.05, 0.1) is 12.5 Å². The highest BCUT2D eigenvalue weighted by molar-refractivity contribution is 5.90. The minimum Gasteiger partial charge on any atom is -0.497 e. The molecule has 1 spiro atoms. The van der Waals surface area contributed by atoms with E-state index < -0.39 is 5.41 Å². The maximum absolute atomic E-state index is 6.29. The molecule has 0 atom stereocenters. The standard InChI is InChI=1S/C25H18N2O.C7H8O/c26-15-9-11-17-18-12-10-16(27)14-22(18)25(21(17)13-15)19-5-1-3-7-23(19)28-24-8-4-2-6-20(24)25;1-8-7-5-3-2-4-6-7/h1-14H,26-27H2;2-6H,1H3. The van der Waals surface area contributed by atoms with E-state index in [1.807, 2.05) is 66.7 Å². The number of ether oxygens (including phenoxy) is 2. The van der Waals surface area contributed by atoms with Crippen LogP contribution < -0.4 is 20.9 Å². The Kier molecular flexibility index (Phi) is 5.15. The van der Waals surface area contributed by atoms with Gasteiger partial charge < -0.3 is 20.9 Å². The van der Waals surface area contributed by atoms with Gasteiger partial charge in [-0.25, -0.2) is 0 Å². The van der Waals surface area contributed by atoms with E-state index in [-0.39, 0.29) is 0 Å². The maximum Gasteiger partial charge on any atom is 0.132 e. The quantitative estimate of drug-likeness (QED) is 0.253. The number of para-hydroxylation sites is 3. The monoisotopic (exact) mass is 470 g/mol. The van der Waals surface area contributed by atoms with Crippen LogP contribution in [0.4, 0.5) is 11.4 Å². The summed E-state index contributed by atoms with van der Waals surface area (Å²) in [7, 11) is 1.66. The molecule has 36 heavy (non-hydrogen) atoms. The van der Waals surface area contributed by atoms with E-state index in [0.717, 1.165) is 39.8 Å². The Morgan fingerprint density at radius 2 is 1.03 bits per heavy atom. The first-order chi connectivity index (χ1) is 17.6. The van der Waals surface area contributed by atoms with Crippen molar-refractivity contribution in [2.24, 2.45) is 0 Å². The molecule has 4 heteroatoms. The summed E-state index contributed by atoms with van der Waals surface area (Å²) in [5.41, 5.74) is 20.5. The SMILES string of the molecule is COc1ccccc1.Nc1ccc2c(c1)C1(c3ccccc3Oc3ccccc31)c1cc(N)ccc1-2. The van der Waals surface area contributed by atoms with Gasteiger partial charge in [0.2, 0.25) is 0 Å². The predicted octanol–water partition coefficient (Wildman–Crippen LogP) is 7.02. The van der Waals surface area contributed by atoms with Gasteiger partial charge in [-0.3, -0.25) is 0 Å². The largest absolute Gasteiger partial charge is 0.497 e. The van der Waals surface area contributed by atoms with Crippen molar-refractivity contribution in [2.75, 3.05) is 18.6 Å². The van der Waals surface area contributed by atoms with Crippen molar-refractivity contribution in [1.82, 2.24) is 0 Å². The molecule has 0 saturated carbocycles. The molecule has 0 bridgehead atoms. The number of methoxy groups -OCH3 is 1. The number of nitrogens with two attached hydrogens (primary N) is 2. The van der Waals surface area contributed by atoms with Gasteiger partial charge in [-0.1, -0.05) is 66.7 Å². The van der Waals surface area contributed by atoms with Crippen LogP contribution >= 0.6 is 0 Å². The van der Waals surface area contributed by atoms with E-state index in [1.54, 1.807) is 7.11 Å². The Morgan fingerprint density at radius 1 is 0.556 bits per heavy atom. The van der Waals surface area contributed by atoms with Crippen LogP contribution in [0.3, 0.4) is 0 Å². The zero-order valence-corrected chi connectivity index (χ0v) is 19.9. The van der Waals surface area contributed by atoms with Gasteiger partial charge in [0.1, 0.15) is 17.2 Å². The molecule has 1 aliphatic carbocycles. The molecule has 1 aliphatic heterocycles. The molecule has 0 aromatic heterocycles. The second-order valence-corrected chi connectivity index (χ2v) is 8.97. The van der Waals surface area contributed by atoms with Crippen molar-refractivity contribution in [3.05, 3.63) is 138 Å². The number of hydrogen-bond donors (Lipinski definition) is 2. The number of anilines is 2. The summed E-state index contributed by atoms with van der Waals surface area (Å²) < 4.78 is 11.2. The van der Waals surface area contributed by atoms with Gasteiger partial charge >= 0.3 is 0 Å². The zero-order valence-electron chi connectivity index (χ0n) is 19.9. The number of rotatable bonds is 1. The number of benzene rings is 5. The van der Waals surface area contributed by atoms with Crippen LogP contribution in [0.2, 0.25) is 0 Å². The minimum absolute atomic E-state index is 0.499. The molecule has 4 nitrogen and oxygen atoms in total. The highest BCUT2D eigenvalue weighted by atomic mass is 16.5. The van der Waals surface area contributed by atoms with E-state index in [4.69, 9.17) is 20.9 Å². The lowest BCUT2D eigenvalue weighted by Crippen LogP contribution is -2.32. The van der Waals surface area contributed by atoms with Crippen LogP contribution in [0.15, 0.2) is 115 Å². The second-order valence-electron chi connectivity index (χ2n) is 8.97. The maximum atomic E-state index is 6.29. The number of fused-ring (bicyclic) bond motifs is 9. The second kappa shape index (κ2) is 8.51. The van der Waals surface area contributed by atoms with Crippen molar-refractivity contribution in [1.29, 1.82) is 0 Å². The molecule has 2 aliphatic rings. The van der Waals surface area contributed by atoms with Crippen LogP contribution in [0.25, 0.3) is 11.1 Å². The average Bonchev–Trinajstić information content (AvgIpc) is 3.19. The normalized spacial score (nSPS) is 13.2. The Labute approximate surface area is 210 Å². The predicted molar refractivity (Wildman–Crippen MR) is 146 cm³/mol. The van der Waals surface area contributed by atoms with Crippen LogP contribution in [-0.2, 0) is 5.41 Å². The first kappa shape index (κ1) is 21.8. The summed E-state index contributed by atoms with van der Waals surface area (Å²) in [6.07, 6.45) is 0. The number of hydrogen-bond acceptors (Lipinski definition) is 4. The number of nitrogen functional groups attached to an aromatic ring is 2. The third kappa shape index (κ3) is 3.23. The third-order valence-corrected chi connectivity index (χ3v) is 6.97. The van der Waals surface area contributed by atoms with Crippen molar-refractivity contribution < 1.29 is 9.47 Å². The molecule has 0 amide bonds. The Hall–Kier alpha value is -4.70. The molecule has 4 N–H and O–H groups in total. The average molecular weight is 471 g/mol. The Balaban J connectivity index is 0.000000258. The summed E-state index contributed by atoms with van der Waals surface area (Å²) in [6, 6.07) is 38.6. The van der Waals surface area contributed by atoms with Gasteiger partial charge in [-0.05, 0) is 70.8 Å². The minimum atomic E-state index is -0.499. The van der Waals surface area contributed by atoms with Gasteiger partial charge in [0.25, 0.3) is 0 Å². The molecule has 0 unspecified atom stereocenters. The third-order valence-electron chi connectivity index (χ3n) is 6.97. The Morgan fingerprint density at radius 3 is 1.50 bits per heavy atom. The molecule has 7 rings (SSSR count). The van der Waals surface area contributed by atoms with E-state index in [2.05, 4.69) is 48.5 Å². The summed E-state index contributed by atoms with van der Waals surface area (Å²) in [6.45, 7) is 0. The summed E-state index contributed by atoms with van der Waals surface area (Å²) in [4.78, 5) is 0. The van der Waals surface area contributed by atoms with Gasteiger partial charge in [-0.2, -0.15) is 0 Å². The molecule has 1 heterocycles. The topological polar surface area (TPSA) is 70.5 Å². The molecule has 0 radical (unpaired) electrons. The summed E-state index contributed by atoms with van der Waals surface area (Å²) in [5, 5.41) is 0. The lowest BCUT2D eigenvalue weighted by atomic mass is 9.66. The van der Waals surface area contributed by atoms with Crippen molar-refractivity contribution >= 4 is 11.4 Å². The smallest absolute Gasteiger partial charge is 0.132 e. The van der Waals surface area contributed by atoms with E-state index in [9.17, 15) is 0 Å². The zero-order chi connectivity index (χ0) is 24.7. The van der Waals surface area contributed by atoms with Crippen LogP contribution in [0.1, 0.15) is 22.3 Å². The molecule has 0 fully saturated rings.